The summed E-state index contributed by atoms with van der Waals surface area (Å²) in [6.45, 7) is 0. The summed E-state index contributed by atoms with van der Waals surface area (Å²) in [5.41, 5.74) is 2.11. The van der Waals surface area contributed by atoms with Crippen molar-refractivity contribution in [2.75, 3.05) is 12.4 Å². The van der Waals surface area contributed by atoms with Crippen molar-refractivity contribution < 1.29 is 9.13 Å². The van der Waals surface area contributed by atoms with E-state index in [1.165, 1.54) is 30.5 Å². The van der Waals surface area contributed by atoms with Gasteiger partial charge in [0.15, 0.2) is 0 Å². The smallest absolute Gasteiger partial charge is 0.144 e. The molecule has 3 rings (SSSR count). The zero-order valence-electron chi connectivity index (χ0n) is 11.5. The minimum Gasteiger partial charge on any atom is -0.494 e. The normalized spacial score (nSPS) is 15.7. The lowest BCUT2D eigenvalue weighted by Crippen LogP contribution is -2.13. The van der Waals surface area contributed by atoms with E-state index in [0.29, 0.717) is 11.7 Å². The van der Waals surface area contributed by atoms with E-state index >= 15 is 0 Å². The highest BCUT2D eigenvalue weighted by atomic mass is 19.1. The number of anilines is 1. The topological polar surface area (TPSA) is 21.3 Å². The fraction of sp³-hybridized carbons (Fsp3) is 0.294. The summed E-state index contributed by atoms with van der Waals surface area (Å²) in [7, 11) is 1.56. The van der Waals surface area contributed by atoms with Crippen molar-refractivity contribution in [2.45, 2.75) is 18.9 Å². The Kier molecular flexibility index (Phi) is 3.59. The Morgan fingerprint density at radius 1 is 1.15 bits per heavy atom. The Balaban J connectivity index is 1.87. The van der Waals surface area contributed by atoms with Crippen LogP contribution < -0.4 is 10.1 Å². The van der Waals surface area contributed by atoms with Crippen LogP contribution in [0.25, 0.3) is 0 Å². The van der Waals surface area contributed by atoms with Crippen LogP contribution in [0.2, 0.25) is 0 Å². The van der Waals surface area contributed by atoms with Crippen LogP contribution >= 0.6 is 0 Å². The molecule has 0 heterocycles. The molecule has 1 atom stereocenters. The summed E-state index contributed by atoms with van der Waals surface area (Å²) in [4.78, 5) is 0. The molecule has 0 aromatic heterocycles. The Bertz CT molecular complexity index is 581. The molecule has 1 aliphatic rings. The Labute approximate surface area is 118 Å². The molecule has 0 radical (unpaired) electrons. The largest absolute Gasteiger partial charge is 0.494 e. The number of hydrogen-bond acceptors (Lipinski definition) is 2. The quantitative estimate of drug-likeness (QED) is 0.870. The van der Waals surface area contributed by atoms with E-state index in [1.807, 2.05) is 18.2 Å². The SMILES string of the molecule is COc1cc(F)ccc1NC(c1ccccc1)C1CC1. The third-order valence-corrected chi connectivity index (χ3v) is 3.73. The minimum absolute atomic E-state index is 0.260. The molecule has 2 aromatic rings. The summed E-state index contributed by atoms with van der Waals surface area (Å²) in [5, 5.41) is 3.51. The number of rotatable bonds is 5. The zero-order valence-corrected chi connectivity index (χ0v) is 11.5. The molecule has 0 spiro atoms. The molecule has 1 unspecified atom stereocenters. The molecule has 1 N–H and O–H groups in total. The van der Waals surface area contributed by atoms with Gasteiger partial charge in [0.05, 0.1) is 18.8 Å². The monoisotopic (exact) mass is 271 g/mol. The highest BCUT2D eigenvalue weighted by Gasteiger charge is 2.32. The number of ether oxygens (including phenoxy) is 1. The van der Waals surface area contributed by atoms with E-state index < -0.39 is 0 Å². The first kappa shape index (κ1) is 13.0. The highest BCUT2D eigenvalue weighted by molar-refractivity contribution is 5.58. The molecule has 1 aliphatic carbocycles. The van der Waals surface area contributed by atoms with E-state index in [4.69, 9.17) is 4.74 Å². The second kappa shape index (κ2) is 5.53. The van der Waals surface area contributed by atoms with E-state index in [1.54, 1.807) is 13.2 Å². The summed E-state index contributed by atoms with van der Waals surface area (Å²) in [6, 6.07) is 15.3. The molecule has 0 bridgehead atoms. The predicted octanol–water partition coefficient (Wildman–Crippen LogP) is 4.40. The number of hydrogen-bond donors (Lipinski definition) is 1. The molecule has 2 nitrogen and oxygen atoms in total. The van der Waals surface area contributed by atoms with Gasteiger partial charge >= 0.3 is 0 Å². The molecule has 3 heteroatoms. The van der Waals surface area contributed by atoms with Crippen molar-refractivity contribution in [3.05, 3.63) is 59.9 Å². The van der Waals surface area contributed by atoms with Crippen LogP contribution in [-0.4, -0.2) is 7.11 Å². The van der Waals surface area contributed by atoms with E-state index in [9.17, 15) is 4.39 Å². The van der Waals surface area contributed by atoms with Crippen LogP contribution in [0.1, 0.15) is 24.4 Å². The van der Waals surface area contributed by atoms with Crippen molar-refractivity contribution in [3.63, 3.8) is 0 Å². The van der Waals surface area contributed by atoms with E-state index in [2.05, 4.69) is 17.4 Å². The molecule has 0 amide bonds. The standard InChI is InChI=1S/C17H18FNO/c1-20-16-11-14(18)9-10-15(16)19-17(13-7-8-13)12-5-3-2-4-6-12/h2-6,9-11,13,17,19H,7-8H2,1H3. The Morgan fingerprint density at radius 3 is 2.55 bits per heavy atom. The van der Waals surface area contributed by atoms with Gasteiger partial charge < -0.3 is 10.1 Å². The average Bonchev–Trinajstić information content (AvgIpc) is 3.31. The van der Waals surface area contributed by atoms with Crippen LogP contribution in [0.15, 0.2) is 48.5 Å². The second-order valence-electron chi connectivity index (χ2n) is 5.21. The van der Waals surface area contributed by atoms with Gasteiger partial charge in [0.25, 0.3) is 0 Å². The number of halogens is 1. The van der Waals surface area contributed by atoms with Crippen LogP contribution in [0.3, 0.4) is 0 Å². The van der Waals surface area contributed by atoms with Crippen molar-refractivity contribution in [3.8, 4) is 5.75 Å². The van der Waals surface area contributed by atoms with Gasteiger partial charge in [-0.25, -0.2) is 4.39 Å². The van der Waals surface area contributed by atoms with Crippen LogP contribution in [0.4, 0.5) is 10.1 Å². The maximum absolute atomic E-state index is 13.3. The first-order chi connectivity index (χ1) is 9.78. The summed E-state index contributed by atoms with van der Waals surface area (Å²) >= 11 is 0. The van der Waals surface area contributed by atoms with E-state index in [-0.39, 0.29) is 11.9 Å². The average molecular weight is 271 g/mol. The van der Waals surface area contributed by atoms with Gasteiger partial charge in [0, 0.05) is 6.07 Å². The summed E-state index contributed by atoms with van der Waals surface area (Å²) in [5.74, 6) is 0.911. The van der Waals surface area contributed by atoms with Gasteiger partial charge in [0.1, 0.15) is 11.6 Å². The van der Waals surface area contributed by atoms with Gasteiger partial charge in [-0.15, -0.1) is 0 Å². The summed E-state index contributed by atoms with van der Waals surface area (Å²) in [6.07, 6.45) is 2.46. The molecule has 0 saturated heterocycles. The Morgan fingerprint density at radius 2 is 1.90 bits per heavy atom. The molecule has 1 saturated carbocycles. The first-order valence-corrected chi connectivity index (χ1v) is 6.93. The lowest BCUT2D eigenvalue weighted by molar-refractivity contribution is 0.412. The van der Waals surface area contributed by atoms with Crippen molar-refractivity contribution in [1.82, 2.24) is 0 Å². The summed E-state index contributed by atoms with van der Waals surface area (Å²) < 4.78 is 18.5. The lowest BCUT2D eigenvalue weighted by atomic mass is 10.0. The Hall–Kier alpha value is -2.03. The number of nitrogens with one attached hydrogen (secondary N) is 1. The van der Waals surface area contributed by atoms with Crippen LogP contribution in [0, 0.1) is 11.7 Å². The number of methoxy groups -OCH3 is 1. The maximum Gasteiger partial charge on any atom is 0.144 e. The van der Waals surface area contributed by atoms with Gasteiger partial charge in [-0.05, 0) is 36.5 Å². The zero-order chi connectivity index (χ0) is 13.9. The van der Waals surface area contributed by atoms with Crippen molar-refractivity contribution in [1.29, 1.82) is 0 Å². The van der Waals surface area contributed by atoms with Gasteiger partial charge in [-0.3, -0.25) is 0 Å². The minimum atomic E-state index is -0.282. The second-order valence-corrected chi connectivity index (χ2v) is 5.21. The lowest BCUT2D eigenvalue weighted by Gasteiger charge is -2.21. The molecular formula is C17H18FNO. The van der Waals surface area contributed by atoms with Gasteiger partial charge in [-0.2, -0.15) is 0 Å². The van der Waals surface area contributed by atoms with Gasteiger partial charge in [0.2, 0.25) is 0 Å². The van der Waals surface area contributed by atoms with Crippen molar-refractivity contribution in [2.24, 2.45) is 5.92 Å². The van der Waals surface area contributed by atoms with E-state index in [0.717, 1.165) is 5.69 Å². The predicted molar refractivity (Wildman–Crippen MR) is 78.5 cm³/mol. The van der Waals surface area contributed by atoms with Crippen molar-refractivity contribution >= 4 is 5.69 Å². The van der Waals surface area contributed by atoms with Gasteiger partial charge in [-0.1, -0.05) is 30.3 Å². The van der Waals surface area contributed by atoms with Crippen LogP contribution in [0.5, 0.6) is 5.75 Å². The third-order valence-electron chi connectivity index (χ3n) is 3.73. The molecule has 0 aliphatic heterocycles. The molecular weight excluding hydrogens is 253 g/mol. The first-order valence-electron chi connectivity index (χ1n) is 6.93. The molecule has 2 aromatic carbocycles. The third kappa shape index (κ3) is 2.77. The molecule has 104 valence electrons. The fourth-order valence-corrected chi connectivity index (χ4v) is 2.52. The number of benzene rings is 2. The van der Waals surface area contributed by atoms with Crippen LogP contribution in [-0.2, 0) is 0 Å². The molecule has 20 heavy (non-hydrogen) atoms. The highest BCUT2D eigenvalue weighted by Crippen LogP contribution is 2.44. The fourth-order valence-electron chi connectivity index (χ4n) is 2.52. The molecule has 1 fully saturated rings. The maximum atomic E-state index is 13.3.